The molecule has 0 bridgehead atoms. The number of hydrogen-bond donors (Lipinski definition) is 0. The molecule has 1 rings (SSSR count). The van der Waals surface area contributed by atoms with Crippen LogP contribution in [0.1, 0.15) is 25.7 Å². The first-order valence-corrected chi connectivity index (χ1v) is 4.84. The maximum atomic E-state index is 11.1. The van der Waals surface area contributed by atoms with Crippen LogP contribution >= 0.6 is 0 Å². The smallest absolute Gasteiger partial charge is 0.330 e. The molecule has 0 atom stereocenters. The van der Waals surface area contributed by atoms with E-state index in [-0.39, 0.29) is 32.3 Å². The number of carbonyl (C=O) groups is 3. The molecular formula is C8H10N2O7. The van der Waals surface area contributed by atoms with Crippen molar-refractivity contribution in [2.45, 2.75) is 25.7 Å². The highest BCUT2D eigenvalue weighted by Crippen LogP contribution is 2.12. The van der Waals surface area contributed by atoms with Crippen LogP contribution < -0.4 is 0 Å². The number of amides is 2. The Bertz CT molecular complexity index is 338. The molecule has 0 aromatic rings. The molecule has 1 fully saturated rings. The lowest BCUT2D eigenvalue weighted by molar-refractivity contribution is -0.757. The molecule has 0 N–H and O–H groups in total. The summed E-state index contributed by atoms with van der Waals surface area (Å²) in [5.41, 5.74) is 0. The van der Waals surface area contributed by atoms with Crippen molar-refractivity contribution in [3.8, 4) is 0 Å². The Labute approximate surface area is 95.3 Å². The highest BCUT2D eigenvalue weighted by atomic mass is 16.9. The summed E-state index contributed by atoms with van der Waals surface area (Å²) in [4.78, 5) is 51.5. The van der Waals surface area contributed by atoms with Gasteiger partial charge in [0, 0.05) is 19.3 Å². The number of hydroxylamine groups is 2. The van der Waals surface area contributed by atoms with Crippen molar-refractivity contribution in [2.24, 2.45) is 0 Å². The fourth-order valence-electron chi connectivity index (χ4n) is 1.16. The molecule has 9 nitrogen and oxygen atoms in total. The molecule has 1 aliphatic heterocycles. The van der Waals surface area contributed by atoms with Gasteiger partial charge in [-0.3, -0.25) is 9.59 Å². The summed E-state index contributed by atoms with van der Waals surface area (Å²) < 4.78 is 0. The SMILES string of the molecule is O=C(CCCO[N+](=O)[O-])ON1C(=O)CCC1=O. The molecule has 0 unspecified atom stereocenters. The predicted molar refractivity (Wildman–Crippen MR) is 49.4 cm³/mol. The minimum absolute atomic E-state index is 0.0244. The maximum absolute atomic E-state index is 11.1. The number of hydrogen-bond acceptors (Lipinski definition) is 7. The van der Waals surface area contributed by atoms with Crippen LogP contribution in [0.15, 0.2) is 0 Å². The third-order valence-electron chi connectivity index (χ3n) is 1.92. The van der Waals surface area contributed by atoms with Gasteiger partial charge in [-0.2, -0.15) is 0 Å². The lowest BCUT2D eigenvalue weighted by Crippen LogP contribution is -2.32. The summed E-state index contributed by atoms with van der Waals surface area (Å²) in [5.74, 6) is -1.93. The van der Waals surface area contributed by atoms with Gasteiger partial charge in [-0.05, 0) is 6.42 Å². The Morgan fingerprint density at radius 3 is 2.47 bits per heavy atom. The van der Waals surface area contributed by atoms with E-state index in [0.717, 1.165) is 0 Å². The van der Waals surface area contributed by atoms with E-state index < -0.39 is 22.9 Å². The van der Waals surface area contributed by atoms with Crippen molar-refractivity contribution < 1.29 is 29.1 Å². The third-order valence-corrected chi connectivity index (χ3v) is 1.92. The van der Waals surface area contributed by atoms with Crippen LogP contribution in [0, 0.1) is 10.1 Å². The largest absolute Gasteiger partial charge is 0.333 e. The summed E-state index contributed by atoms with van der Waals surface area (Å²) in [6.45, 7) is -0.246. The molecule has 0 radical (unpaired) electrons. The second-order valence-corrected chi connectivity index (χ2v) is 3.21. The van der Waals surface area contributed by atoms with Crippen LogP contribution in [-0.4, -0.2) is 34.5 Å². The molecule has 2 amide bonds. The summed E-state index contributed by atoms with van der Waals surface area (Å²) in [7, 11) is 0. The van der Waals surface area contributed by atoms with Gasteiger partial charge in [0.1, 0.15) is 0 Å². The van der Waals surface area contributed by atoms with Crippen molar-refractivity contribution in [1.82, 2.24) is 5.06 Å². The molecule has 0 aromatic heterocycles. The Morgan fingerprint density at radius 1 is 1.35 bits per heavy atom. The standard InChI is InChI=1S/C8H10N2O7/c11-6-3-4-7(12)9(6)17-8(13)2-1-5-16-10(14)15/h1-5H2. The number of carbonyl (C=O) groups excluding carboxylic acids is 3. The Morgan fingerprint density at radius 2 is 1.94 bits per heavy atom. The molecule has 1 aliphatic rings. The van der Waals surface area contributed by atoms with E-state index in [1.807, 2.05) is 0 Å². The minimum Gasteiger partial charge on any atom is -0.330 e. The van der Waals surface area contributed by atoms with Gasteiger partial charge < -0.3 is 9.68 Å². The quantitative estimate of drug-likeness (QED) is 0.270. The van der Waals surface area contributed by atoms with Crippen molar-refractivity contribution in [1.29, 1.82) is 0 Å². The second kappa shape index (κ2) is 5.77. The highest BCUT2D eigenvalue weighted by molar-refractivity contribution is 6.01. The van der Waals surface area contributed by atoms with E-state index in [2.05, 4.69) is 9.68 Å². The molecule has 0 aromatic carbocycles. The molecule has 0 saturated carbocycles. The van der Waals surface area contributed by atoms with Crippen molar-refractivity contribution in [3.05, 3.63) is 10.1 Å². The van der Waals surface area contributed by atoms with Gasteiger partial charge in [-0.25, -0.2) is 4.79 Å². The zero-order chi connectivity index (χ0) is 12.8. The number of rotatable bonds is 6. The summed E-state index contributed by atoms with van der Waals surface area (Å²) in [6.07, 6.45) is -0.0615. The molecular weight excluding hydrogens is 236 g/mol. The van der Waals surface area contributed by atoms with Gasteiger partial charge in [0.2, 0.25) is 0 Å². The van der Waals surface area contributed by atoms with E-state index in [1.54, 1.807) is 0 Å². The van der Waals surface area contributed by atoms with Crippen LogP contribution in [0.25, 0.3) is 0 Å². The lowest BCUT2D eigenvalue weighted by Gasteiger charge is -2.12. The van der Waals surface area contributed by atoms with E-state index in [1.165, 1.54) is 0 Å². The van der Waals surface area contributed by atoms with Crippen LogP contribution in [0.4, 0.5) is 0 Å². The van der Waals surface area contributed by atoms with Gasteiger partial charge in [0.15, 0.2) is 0 Å². The average molecular weight is 246 g/mol. The van der Waals surface area contributed by atoms with Crippen LogP contribution in [-0.2, 0) is 24.1 Å². The van der Waals surface area contributed by atoms with E-state index in [0.29, 0.717) is 5.06 Å². The van der Waals surface area contributed by atoms with Crippen LogP contribution in [0.3, 0.4) is 0 Å². The molecule has 1 heterocycles. The van der Waals surface area contributed by atoms with Gasteiger partial charge in [0.25, 0.3) is 16.9 Å². The number of imide groups is 1. The zero-order valence-corrected chi connectivity index (χ0v) is 8.79. The van der Waals surface area contributed by atoms with Gasteiger partial charge in [0.05, 0.1) is 6.61 Å². The first-order chi connectivity index (χ1) is 8.00. The topological polar surface area (TPSA) is 116 Å². The fourth-order valence-corrected chi connectivity index (χ4v) is 1.16. The minimum atomic E-state index is -0.973. The Kier molecular flexibility index (Phi) is 4.37. The molecule has 0 spiro atoms. The molecule has 9 heteroatoms. The van der Waals surface area contributed by atoms with Crippen molar-refractivity contribution >= 4 is 17.8 Å². The number of nitrogens with zero attached hydrogens (tertiary/aromatic N) is 2. The predicted octanol–water partition coefficient (Wildman–Crippen LogP) is -0.418. The normalized spacial score (nSPS) is 14.9. The van der Waals surface area contributed by atoms with E-state index >= 15 is 0 Å². The van der Waals surface area contributed by atoms with Gasteiger partial charge in [-0.15, -0.1) is 15.2 Å². The molecule has 0 aliphatic carbocycles. The van der Waals surface area contributed by atoms with E-state index in [9.17, 15) is 24.5 Å². The first kappa shape index (κ1) is 12.9. The highest BCUT2D eigenvalue weighted by Gasteiger charge is 2.32. The van der Waals surface area contributed by atoms with Crippen LogP contribution in [0.5, 0.6) is 0 Å². The lowest BCUT2D eigenvalue weighted by atomic mass is 10.3. The summed E-state index contributed by atoms with van der Waals surface area (Å²) in [5, 5.41) is 9.23. The monoisotopic (exact) mass is 246 g/mol. The maximum Gasteiger partial charge on any atom is 0.333 e. The molecule has 17 heavy (non-hydrogen) atoms. The summed E-state index contributed by atoms with van der Waals surface area (Å²) in [6, 6.07) is 0. The molecule has 1 saturated heterocycles. The van der Waals surface area contributed by atoms with Crippen molar-refractivity contribution in [2.75, 3.05) is 6.61 Å². The van der Waals surface area contributed by atoms with Crippen molar-refractivity contribution in [3.63, 3.8) is 0 Å². The Hall–Kier alpha value is -2.19. The zero-order valence-electron chi connectivity index (χ0n) is 8.79. The summed E-state index contributed by atoms with van der Waals surface area (Å²) >= 11 is 0. The Balaban J connectivity index is 2.23. The molecule has 94 valence electrons. The second-order valence-electron chi connectivity index (χ2n) is 3.21. The van der Waals surface area contributed by atoms with E-state index in [4.69, 9.17) is 0 Å². The van der Waals surface area contributed by atoms with Gasteiger partial charge >= 0.3 is 5.97 Å². The first-order valence-electron chi connectivity index (χ1n) is 4.84. The third kappa shape index (κ3) is 4.05. The fraction of sp³-hybridized carbons (Fsp3) is 0.625. The van der Waals surface area contributed by atoms with Crippen LogP contribution in [0.2, 0.25) is 0 Å². The average Bonchev–Trinajstić information content (AvgIpc) is 2.56. The van der Waals surface area contributed by atoms with Gasteiger partial charge in [-0.1, -0.05) is 0 Å².